The first-order valence-electron chi connectivity index (χ1n) is 10.4. The zero-order valence-corrected chi connectivity index (χ0v) is 16.1. The SMILES string of the molecule is O=C(NCc1ccc2[nH]c(=O)[nH]c2c1)C12CC3CC(C1)CC(n1cncn1)(C3)C2. The van der Waals surface area contributed by atoms with Gasteiger partial charge in [-0.05, 0) is 68.1 Å². The lowest BCUT2D eigenvalue weighted by atomic mass is 9.46. The maximum absolute atomic E-state index is 13.4. The summed E-state index contributed by atoms with van der Waals surface area (Å²) in [5.41, 5.74) is 1.96. The van der Waals surface area contributed by atoms with Gasteiger partial charge in [0.05, 0.1) is 22.0 Å². The normalized spacial score (nSPS) is 32.7. The minimum absolute atomic E-state index is 0.0541. The molecule has 4 saturated carbocycles. The fourth-order valence-corrected chi connectivity index (χ4v) is 6.76. The van der Waals surface area contributed by atoms with Crippen LogP contribution in [0.15, 0.2) is 35.6 Å². The Kier molecular flexibility index (Phi) is 3.40. The summed E-state index contributed by atoms with van der Waals surface area (Å²) >= 11 is 0. The van der Waals surface area contributed by atoms with Gasteiger partial charge < -0.3 is 15.3 Å². The molecule has 3 aromatic rings. The lowest BCUT2D eigenvalue weighted by Crippen LogP contribution is -2.60. The molecule has 4 bridgehead atoms. The average molecular weight is 392 g/mol. The number of amides is 1. The van der Waals surface area contributed by atoms with Crippen molar-refractivity contribution in [2.24, 2.45) is 17.3 Å². The predicted molar refractivity (Wildman–Crippen MR) is 106 cm³/mol. The molecule has 1 amide bonds. The predicted octanol–water partition coefficient (Wildman–Crippen LogP) is 2.06. The third-order valence-corrected chi connectivity index (χ3v) is 7.45. The van der Waals surface area contributed by atoms with Crippen molar-refractivity contribution in [2.45, 2.75) is 50.6 Å². The molecule has 4 fully saturated rings. The van der Waals surface area contributed by atoms with E-state index >= 15 is 0 Å². The number of aromatic nitrogens is 5. The summed E-state index contributed by atoms with van der Waals surface area (Å²) in [6.45, 7) is 0.468. The second-order valence-electron chi connectivity index (χ2n) is 9.45. The molecule has 2 unspecified atom stereocenters. The number of aromatic amines is 2. The minimum Gasteiger partial charge on any atom is -0.352 e. The van der Waals surface area contributed by atoms with Crippen molar-refractivity contribution < 1.29 is 4.79 Å². The number of benzene rings is 1. The molecule has 0 radical (unpaired) electrons. The molecule has 8 heteroatoms. The van der Waals surface area contributed by atoms with Gasteiger partial charge in [0.15, 0.2) is 0 Å². The lowest BCUT2D eigenvalue weighted by molar-refractivity contribution is -0.156. The van der Waals surface area contributed by atoms with Gasteiger partial charge in [-0.2, -0.15) is 5.10 Å². The summed E-state index contributed by atoms with van der Waals surface area (Å²) in [4.78, 5) is 34.6. The average Bonchev–Trinajstić information content (AvgIpc) is 3.34. The topological polar surface area (TPSA) is 108 Å². The molecule has 0 saturated heterocycles. The van der Waals surface area contributed by atoms with Crippen LogP contribution in [0.25, 0.3) is 11.0 Å². The highest BCUT2D eigenvalue weighted by Crippen LogP contribution is 2.64. The van der Waals surface area contributed by atoms with Gasteiger partial charge in [-0.25, -0.2) is 14.5 Å². The van der Waals surface area contributed by atoms with Crippen molar-refractivity contribution in [3.8, 4) is 0 Å². The highest BCUT2D eigenvalue weighted by molar-refractivity contribution is 5.83. The Morgan fingerprint density at radius 2 is 1.97 bits per heavy atom. The summed E-state index contributed by atoms with van der Waals surface area (Å²) in [5.74, 6) is 1.35. The Morgan fingerprint density at radius 3 is 2.72 bits per heavy atom. The molecule has 2 aromatic heterocycles. The zero-order valence-electron chi connectivity index (χ0n) is 16.1. The van der Waals surface area contributed by atoms with Gasteiger partial charge in [-0.15, -0.1) is 0 Å². The third kappa shape index (κ3) is 2.58. The number of carbonyl (C=O) groups excluding carboxylic acids is 1. The Hall–Kier alpha value is -2.90. The number of fused-ring (bicyclic) bond motifs is 1. The number of nitrogens with zero attached hydrogens (tertiary/aromatic N) is 3. The largest absolute Gasteiger partial charge is 0.352 e. The van der Waals surface area contributed by atoms with Gasteiger partial charge in [-0.1, -0.05) is 6.07 Å². The molecule has 8 nitrogen and oxygen atoms in total. The first-order chi connectivity index (χ1) is 14.0. The van der Waals surface area contributed by atoms with Gasteiger partial charge >= 0.3 is 5.69 Å². The molecule has 1 aromatic carbocycles. The monoisotopic (exact) mass is 392 g/mol. The molecule has 7 rings (SSSR count). The highest BCUT2D eigenvalue weighted by Gasteiger charge is 2.61. The molecule has 150 valence electrons. The molecular formula is C21H24N6O2. The first kappa shape index (κ1) is 17.0. The fourth-order valence-electron chi connectivity index (χ4n) is 6.76. The molecule has 29 heavy (non-hydrogen) atoms. The van der Waals surface area contributed by atoms with E-state index in [1.54, 1.807) is 6.33 Å². The number of carbonyl (C=O) groups is 1. The van der Waals surface area contributed by atoms with Gasteiger partial charge in [0.1, 0.15) is 12.7 Å². The first-order valence-corrected chi connectivity index (χ1v) is 10.4. The van der Waals surface area contributed by atoms with Crippen LogP contribution in [0.3, 0.4) is 0 Å². The summed E-state index contributed by atoms with van der Waals surface area (Å²) in [5, 5.41) is 7.67. The summed E-state index contributed by atoms with van der Waals surface area (Å²) < 4.78 is 2.03. The van der Waals surface area contributed by atoms with Crippen molar-refractivity contribution in [3.63, 3.8) is 0 Å². The van der Waals surface area contributed by atoms with E-state index in [2.05, 4.69) is 25.4 Å². The Morgan fingerprint density at radius 1 is 1.17 bits per heavy atom. The smallest absolute Gasteiger partial charge is 0.323 e. The van der Waals surface area contributed by atoms with Crippen LogP contribution in [0.2, 0.25) is 0 Å². The highest BCUT2D eigenvalue weighted by atomic mass is 16.2. The zero-order chi connectivity index (χ0) is 19.6. The number of rotatable bonds is 4. The van der Waals surface area contributed by atoms with Crippen LogP contribution in [0, 0.1) is 17.3 Å². The van der Waals surface area contributed by atoms with Crippen LogP contribution in [0.5, 0.6) is 0 Å². The molecule has 4 aliphatic carbocycles. The maximum Gasteiger partial charge on any atom is 0.323 e. The number of hydrogen-bond acceptors (Lipinski definition) is 4. The molecular weight excluding hydrogens is 368 g/mol. The second kappa shape index (κ2) is 5.81. The quantitative estimate of drug-likeness (QED) is 0.631. The fraction of sp³-hybridized carbons (Fsp3) is 0.524. The van der Waals surface area contributed by atoms with E-state index in [4.69, 9.17) is 0 Å². The van der Waals surface area contributed by atoms with E-state index in [9.17, 15) is 9.59 Å². The molecule has 0 spiro atoms. The number of nitrogens with one attached hydrogen (secondary N) is 3. The second-order valence-corrected chi connectivity index (χ2v) is 9.45. The van der Waals surface area contributed by atoms with Gasteiger partial charge in [0, 0.05) is 6.54 Å². The Bertz CT molecular complexity index is 1130. The number of H-pyrrole nitrogens is 2. The van der Waals surface area contributed by atoms with Crippen LogP contribution in [-0.4, -0.2) is 30.6 Å². The summed E-state index contributed by atoms with van der Waals surface area (Å²) in [7, 11) is 0. The van der Waals surface area contributed by atoms with Crippen molar-refractivity contribution >= 4 is 16.9 Å². The summed E-state index contributed by atoms with van der Waals surface area (Å²) in [6.07, 6.45) is 9.71. The Labute approximate surface area is 167 Å². The maximum atomic E-state index is 13.4. The van der Waals surface area contributed by atoms with E-state index in [0.29, 0.717) is 18.4 Å². The lowest BCUT2D eigenvalue weighted by Gasteiger charge is -2.60. The van der Waals surface area contributed by atoms with Gasteiger partial charge in [0.25, 0.3) is 0 Å². The summed E-state index contributed by atoms with van der Waals surface area (Å²) in [6, 6.07) is 5.74. The van der Waals surface area contributed by atoms with Crippen LogP contribution < -0.4 is 11.0 Å². The van der Waals surface area contributed by atoms with Crippen molar-refractivity contribution in [1.29, 1.82) is 0 Å². The van der Waals surface area contributed by atoms with Gasteiger partial charge in [0.2, 0.25) is 5.91 Å². The van der Waals surface area contributed by atoms with Crippen molar-refractivity contribution in [3.05, 3.63) is 46.9 Å². The minimum atomic E-state index is -0.303. The molecule has 4 aliphatic rings. The van der Waals surface area contributed by atoms with Gasteiger partial charge in [-0.3, -0.25) is 4.79 Å². The molecule has 0 aliphatic heterocycles. The van der Waals surface area contributed by atoms with Crippen LogP contribution in [0.4, 0.5) is 0 Å². The molecule has 2 heterocycles. The van der Waals surface area contributed by atoms with E-state index < -0.39 is 0 Å². The van der Waals surface area contributed by atoms with E-state index in [1.165, 1.54) is 6.42 Å². The molecule has 2 atom stereocenters. The van der Waals surface area contributed by atoms with Crippen LogP contribution in [0.1, 0.15) is 44.1 Å². The Balaban J connectivity index is 1.25. The molecule has 3 N–H and O–H groups in total. The van der Waals surface area contributed by atoms with Crippen LogP contribution >= 0.6 is 0 Å². The van der Waals surface area contributed by atoms with E-state index in [0.717, 1.165) is 48.7 Å². The van der Waals surface area contributed by atoms with Crippen molar-refractivity contribution in [2.75, 3.05) is 0 Å². The van der Waals surface area contributed by atoms with Crippen LogP contribution in [-0.2, 0) is 16.9 Å². The number of hydrogen-bond donors (Lipinski definition) is 3. The third-order valence-electron chi connectivity index (χ3n) is 7.45. The van der Waals surface area contributed by atoms with E-state index in [1.807, 2.05) is 29.2 Å². The van der Waals surface area contributed by atoms with E-state index in [-0.39, 0.29) is 22.6 Å². The van der Waals surface area contributed by atoms with Crippen molar-refractivity contribution in [1.82, 2.24) is 30.0 Å². The number of imidazole rings is 1. The standard InChI is InChI=1S/C21H24N6O2/c28-18(23-9-13-1-2-16-17(4-13)26-19(29)25-16)20-5-14-3-15(6-20)8-21(7-14,10-20)27-12-22-11-24-27/h1-2,4,11-12,14-15H,3,5-10H2,(H,23,28)(H2,25,26,29).